The highest BCUT2D eigenvalue weighted by molar-refractivity contribution is 9.10. The molecule has 0 radical (unpaired) electrons. The standard InChI is InChI=1S/C17H25BrClN/c1-11(2)15-7-4-12(3)8-17(15)20-10-13-5-6-14(18)9-16(13)19/h5-6,9,11-12,15,17,20H,4,7-8,10H2,1-3H3. The molecule has 2 rings (SSSR count). The minimum absolute atomic E-state index is 0.624. The van der Waals surface area contributed by atoms with Crippen molar-refractivity contribution in [2.45, 2.75) is 52.6 Å². The second kappa shape index (κ2) is 7.29. The molecule has 20 heavy (non-hydrogen) atoms. The molecule has 0 heterocycles. The first-order valence-electron chi connectivity index (χ1n) is 7.64. The fourth-order valence-corrected chi connectivity index (χ4v) is 4.08. The van der Waals surface area contributed by atoms with E-state index < -0.39 is 0 Å². The Bertz CT molecular complexity index is 447. The Hall–Kier alpha value is -0.0500. The van der Waals surface area contributed by atoms with E-state index in [4.69, 9.17) is 11.6 Å². The van der Waals surface area contributed by atoms with Crippen molar-refractivity contribution in [2.75, 3.05) is 0 Å². The third kappa shape index (κ3) is 4.22. The molecule has 0 amide bonds. The van der Waals surface area contributed by atoms with Crippen LogP contribution in [0.2, 0.25) is 5.02 Å². The summed E-state index contributed by atoms with van der Waals surface area (Å²) in [5.74, 6) is 2.38. The second-order valence-electron chi connectivity index (χ2n) is 6.55. The Morgan fingerprint density at radius 2 is 2.10 bits per heavy atom. The van der Waals surface area contributed by atoms with Gasteiger partial charge in [0, 0.05) is 22.1 Å². The summed E-state index contributed by atoms with van der Waals surface area (Å²) in [6, 6.07) is 6.77. The van der Waals surface area contributed by atoms with Crippen molar-refractivity contribution in [3.05, 3.63) is 33.3 Å². The summed E-state index contributed by atoms with van der Waals surface area (Å²) in [6.07, 6.45) is 4.02. The largest absolute Gasteiger partial charge is 0.310 e. The van der Waals surface area contributed by atoms with Crippen LogP contribution in [-0.4, -0.2) is 6.04 Å². The summed E-state index contributed by atoms with van der Waals surface area (Å²) in [5, 5.41) is 4.60. The van der Waals surface area contributed by atoms with Crippen molar-refractivity contribution in [1.82, 2.24) is 5.32 Å². The van der Waals surface area contributed by atoms with E-state index >= 15 is 0 Å². The van der Waals surface area contributed by atoms with E-state index in [2.05, 4.69) is 54.2 Å². The zero-order valence-corrected chi connectivity index (χ0v) is 15.0. The minimum Gasteiger partial charge on any atom is -0.310 e. The van der Waals surface area contributed by atoms with Gasteiger partial charge in [0.2, 0.25) is 0 Å². The second-order valence-corrected chi connectivity index (χ2v) is 7.87. The average molecular weight is 359 g/mol. The van der Waals surface area contributed by atoms with Crippen LogP contribution in [0.1, 0.15) is 45.6 Å². The number of benzene rings is 1. The molecule has 3 unspecified atom stereocenters. The molecule has 0 aromatic heterocycles. The summed E-state index contributed by atoms with van der Waals surface area (Å²) >= 11 is 9.76. The summed E-state index contributed by atoms with van der Waals surface area (Å²) in [7, 11) is 0. The van der Waals surface area contributed by atoms with Gasteiger partial charge in [-0.05, 0) is 48.3 Å². The van der Waals surface area contributed by atoms with Gasteiger partial charge < -0.3 is 5.32 Å². The highest BCUT2D eigenvalue weighted by Crippen LogP contribution is 2.33. The molecule has 0 bridgehead atoms. The van der Waals surface area contributed by atoms with Gasteiger partial charge in [0.25, 0.3) is 0 Å². The van der Waals surface area contributed by atoms with Crippen LogP contribution in [0.5, 0.6) is 0 Å². The Balaban J connectivity index is 2.00. The van der Waals surface area contributed by atoms with Gasteiger partial charge in [-0.2, -0.15) is 0 Å². The van der Waals surface area contributed by atoms with Gasteiger partial charge in [-0.25, -0.2) is 0 Å². The first-order chi connectivity index (χ1) is 9.47. The lowest BCUT2D eigenvalue weighted by Gasteiger charge is -2.38. The Labute approximate surface area is 136 Å². The van der Waals surface area contributed by atoms with Gasteiger partial charge in [-0.3, -0.25) is 0 Å². The van der Waals surface area contributed by atoms with Crippen LogP contribution in [0.4, 0.5) is 0 Å². The van der Waals surface area contributed by atoms with Crippen molar-refractivity contribution in [2.24, 2.45) is 17.8 Å². The van der Waals surface area contributed by atoms with Crippen molar-refractivity contribution in [3.63, 3.8) is 0 Å². The molecule has 0 spiro atoms. The summed E-state index contributed by atoms with van der Waals surface area (Å²) in [6.45, 7) is 7.94. The molecule has 1 N–H and O–H groups in total. The molecule has 1 aromatic rings. The summed E-state index contributed by atoms with van der Waals surface area (Å²) in [4.78, 5) is 0. The Kier molecular flexibility index (Phi) is 5.95. The maximum absolute atomic E-state index is 6.30. The third-order valence-corrected chi connectivity index (χ3v) is 5.44. The van der Waals surface area contributed by atoms with Crippen LogP contribution in [0.25, 0.3) is 0 Å². The first-order valence-corrected chi connectivity index (χ1v) is 8.81. The van der Waals surface area contributed by atoms with Crippen molar-refractivity contribution < 1.29 is 0 Å². The Morgan fingerprint density at radius 1 is 1.35 bits per heavy atom. The summed E-state index contributed by atoms with van der Waals surface area (Å²) in [5.41, 5.74) is 1.19. The van der Waals surface area contributed by atoms with E-state index in [-0.39, 0.29) is 0 Å². The van der Waals surface area contributed by atoms with Gasteiger partial charge in [-0.1, -0.05) is 60.8 Å². The van der Waals surface area contributed by atoms with Crippen molar-refractivity contribution >= 4 is 27.5 Å². The lowest BCUT2D eigenvalue weighted by molar-refractivity contribution is 0.169. The molecule has 1 aliphatic carbocycles. The van der Waals surface area contributed by atoms with Crippen LogP contribution < -0.4 is 5.32 Å². The Morgan fingerprint density at radius 3 is 2.75 bits per heavy atom. The average Bonchev–Trinajstić information content (AvgIpc) is 2.37. The molecule has 1 fully saturated rings. The first kappa shape index (κ1) is 16.3. The molecule has 1 nitrogen and oxygen atoms in total. The van der Waals surface area contributed by atoms with Gasteiger partial charge in [0.1, 0.15) is 0 Å². The van der Waals surface area contributed by atoms with E-state index in [9.17, 15) is 0 Å². The molecule has 3 atom stereocenters. The molecule has 1 aliphatic rings. The monoisotopic (exact) mass is 357 g/mol. The lowest BCUT2D eigenvalue weighted by Crippen LogP contribution is -2.42. The molecule has 1 aromatic carbocycles. The maximum atomic E-state index is 6.30. The third-order valence-electron chi connectivity index (χ3n) is 4.59. The van der Waals surface area contributed by atoms with Crippen molar-refractivity contribution in [1.29, 1.82) is 0 Å². The molecule has 3 heteroatoms. The topological polar surface area (TPSA) is 12.0 Å². The zero-order valence-electron chi connectivity index (χ0n) is 12.6. The predicted molar refractivity (Wildman–Crippen MR) is 91.1 cm³/mol. The van der Waals surface area contributed by atoms with Crippen LogP contribution in [0, 0.1) is 17.8 Å². The van der Waals surface area contributed by atoms with Gasteiger partial charge in [0.15, 0.2) is 0 Å². The molecule has 0 saturated heterocycles. The highest BCUT2D eigenvalue weighted by atomic mass is 79.9. The van der Waals surface area contributed by atoms with Gasteiger partial charge >= 0.3 is 0 Å². The summed E-state index contributed by atoms with van der Waals surface area (Å²) < 4.78 is 1.04. The number of nitrogens with one attached hydrogen (secondary N) is 1. The highest BCUT2D eigenvalue weighted by Gasteiger charge is 2.30. The quantitative estimate of drug-likeness (QED) is 0.733. The predicted octanol–water partition coefficient (Wildman–Crippen LogP) is 5.65. The van der Waals surface area contributed by atoms with Gasteiger partial charge in [-0.15, -0.1) is 0 Å². The SMILES string of the molecule is CC1CCC(C(C)C)C(NCc2ccc(Br)cc2Cl)C1. The number of halogens is 2. The van der Waals surface area contributed by atoms with Gasteiger partial charge in [0.05, 0.1) is 0 Å². The number of hydrogen-bond acceptors (Lipinski definition) is 1. The fraction of sp³-hybridized carbons (Fsp3) is 0.647. The molecular formula is C17H25BrClN. The molecule has 1 saturated carbocycles. The maximum Gasteiger partial charge on any atom is 0.0462 e. The normalized spacial score (nSPS) is 27.0. The van der Waals surface area contributed by atoms with E-state index in [0.717, 1.165) is 33.8 Å². The van der Waals surface area contributed by atoms with Crippen molar-refractivity contribution in [3.8, 4) is 0 Å². The van der Waals surface area contributed by atoms with Crippen LogP contribution in [0.15, 0.2) is 22.7 Å². The number of hydrogen-bond donors (Lipinski definition) is 1. The fourth-order valence-electron chi connectivity index (χ4n) is 3.34. The lowest BCUT2D eigenvalue weighted by atomic mass is 9.74. The minimum atomic E-state index is 0.624. The van der Waals surface area contributed by atoms with E-state index in [1.807, 2.05) is 6.07 Å². The molecular weight excluding hydrogens is 334 g/mol. The van der Waals surface area contributed by atoms with Crippen LogP contribution >= 0.6 is 27.5 Å². The van der Waals surface area contributed by atoms with Crippen LogP contribution in [0.3, 0.4) is 0 Å². The van der Waals surface area contributed by atoms with E-state index in [0.29, 0.717) is 6.04 Å². The zero-order chi connectivity index (χ0) is 14.7. The smallest absolute Gasteiger partial charge is 0.0462 e. The molecule has 112 valence electrons. The number of rotatable bonds is 4. The van der Waals surface area contributed by atoms with E-state index in [1.54, 1.807) is 0 Å². The van der Waals surface area contributed by atoms with Crippen LogP contribution in [-0.2, 0) is 6.54 Å². The molecule has 0 aliphatic heterocycles. The van der Waals surface area contributed by atoms with E-state index in [1.165, 1.54) is 24.8 Å².